The number of hydrogen-bond donors (Lipinski definition) is 2. The van der Waals surface area contributed by atoms with Gasteiger partial charge in [0.1, 0.15) is 12.2 Å². The van der Waals surface area contributed by atoms with Crippen molar-refractivity contribution in [3.63, 3.8) is 0 Å². The number of carbonyl (C=O) groups excluding carboxylic acids is 2. The van der Waals surface area contributed by atoms with Crippen LogP contribution in [0.25, 0.3) is 11.0 Å². The minimum absolute atomic E-state index is 0.110. The van der Waals surface area contributed by atoms with Crippen LogP contribution in [0.1, 0.15) is 31.5 Å². The van der Waals surface area contributed by atoms with Gasteiger partial charge in [0.05, 0.1) is 11.0 Å². The van der Waals surface area contributed by atoms with E-state index in [1.54, 1.807) is 18.2 Å². The number of benzene rings is 2. The molecular formula is C24H28N4O3. The monoisotopic (exact) mass is 420 g/mol. The van der Waals surface area contributed by atoms with E-state index in [0.29, 0.717) is 30.0 Å². The number of aromatic nitrogens is 2. The molecular weight excluding hydrogens is 392 g/mol. The molecule has 31 heavy (non-hydrogen) atoms. The molecule has 0 saturated heterocycles. The van der Waals surface area contributed by atoms with Gasteiger partial charge in [-0.2, -0.15) is 0 Å². The third-order valence-electron chi connectivity index (χ3n) is 4.85. The van der Waals surface area contributed by atoms with Crippen LogP contribution in [-0.2, 0) is 29.1 Å². The molecule has 3 aromatic rings. The van der Waals surface area contributed by atoms with Gasteiger partial charge in [0.15, 0.2) is 0 Å². The van der Waals surface area contributed by atoms with Gasteiger partial charge < -0.3 is 10.6 Å². The number of carbonyl (C=O) groups is 2. The minimum atomic E-state index is -0.342. The van der Waals surface area contributed by atoms with Crippen LogP contribution in [0, 0.1) is 5.92 Å². The number of para-hydroxylation sites is 2. The highest BCUT2D eigenvalue weighted by Crippen LogP contribution is 2.11. The van der Waals surface area contributed by atoms with Crippen LogP contribution in [0.3, 0.4) is 0 Å². The lowest BCUT2D eigenvalue weighted by atomic mass is 10.2. The summed E-state index contributed by atoms with van der Waals surface area (Å²) < 4.78 is 1.43. The topological polar surface area (TPSA) is 93.1 Å². The Hall–Kier alpha value is -3.48. The molecule has 2 amide bonds. The Labute approximate surface area is 181 Å². The maximum Gasteiger partial charge on any atom is 0.273 e. The lowest BCUT2D eigenvalue weighted by Crippen LogP contribution is -2.34. The Morgan fingerprint density at radius 2 is 1.68 bits per heavy atom. The quantitative estimate of drug-likeness (QED) is 0.556. The molecule has 0 saturated carbocycles. The van der Waals surface area contributed by atoms with Crippen molar-refractivity contribution in [3.05, 3.63) is 76.2 Å². The predicted octanol–water partition coefficient (Wildman–Crippen LogP) is 2.42. The van der Waals surface area contributed by atoms with E-state index >= 15 is 0 Å². The molecule has 1 aromatic heterocycles. The van der Waals surface area contributed by atoms with E-state index in [0.717, 1.165) is 5.56 Å². The summed E-state index contributed by atoms with van der Waals surface area (Å²) in [4.78, 5) is 42.1. The van der Waals surface area contributed by atoms with E-state index in [2.05, 4.69) is 15.6 Å². The highest BCUT2D eigenvalue weighted by atomic mass is 16.2. The Morgan fingerprint density at radius 3 is 2.42 bits per heavy atom. The van der Waals surface area contributed by atoms with Crippen molar-refractivity contribution < 1.29 is 9.59 Å². The zero-order valence-corrected chi connectivity index (χ0v) is 17.9. The molecule has 162 valence electrons. The second-order valence-corrected chi connectivity index (χ2v) is 7.90. The molecule has 7 nitrogen and oxygen atoms in total. The fraction of sp³-hybridized carbons (Fsp3) is 0.333. The number of rotatable bonds is 9. The summed E-state index contributed by atoms with van der Waals surface area (Å²) in [5.74, 6) is -0.0208. The lowest BCUT2D eigenvalue weighted by molar-refractivity contribution is -0.122. The second-order valence-electron chi connectivity index (χ2n) is 7.90. The summed E-state index contributed by atoms with van der Waals surface area (Å²) in [6.45, 7) is 4.91. The van der Waals surface area contributed by atoms with E-state index in [9.17, 15) is 14.4 Å². The van der Waals surface area contributed by atoms with Gasteiger partial charge in [0.25, 0.3) is 5.56 Å². The van der Waals surface area contributed by atoms with E-state index < -0.39 is 0 Å². The Kier molecular flexibility index (Phi) is 7.54. The summed E-state index contributed by atoms with van der Waals surface area (Å²) in [5.41, 5.74) is 2.14. The molecule has 0 aliphatic rings. The molecule has 3 rings (SSSR count). The van der Waals surface area contributed by atoms with E-state index in [-0.39, 0.29) is 42.5 Å². The maximum atomic E-state index is 13.1. The van der Waals surface area contributed by atoms with Crippen molar-refractivity contribution in [2.45, 2.75) is 39.8 Å². The molecule has 1 heterocycles. The maximum absolute atomic E-state index is 13.1. The van der Waals surface area contributed by atoms with Gasteiger partial charge in [0, 0.05) is 25.9 Å². The zero-order chi connectivity index (χ0) is 22.2. The van der Waals surface area contributed by atoms with Gasteiger partial charge in [0.2, 0.25) is 11.8 Å². The third-order valence-corrected chi connectivity index (χ3v) is 4.85. The van der Waals surface area contributed by atoms with Gasteiger partial charge in [-0.15, -0.1) is 0 Å². The first-order valence-corrected chi connectivity index (χ1v) is 10.5. The molecule has 0 aliphatic carbocycles. The SMILES string of the molecule is CC(C)CNC(=O)CCc1nc2ccccc2n(CC(=O)NCc2ccccc2)c1=O. The number of hydrogen-bond acceptors (Lipinski definition) is 4. The summed E-state index contributed by atoms with van der Waals surface area (Å²) in [5, 5.41) is 5.70. The van der Waals surface area contributed by atoms with E-state index in [4.69, 9.17) is 0 Å². The molecule has 0 bridgehead atoms. The van der Waals surface area contributed by atoms with Gasteiger partial charge >= 0.3 is 0 Å². The molecule has 0 aliphatic heterocycles. The number of amides is 2. The first-order valence-electron chi connectivity index (χ1n) is 10.5. The Balaban J connectivity index is 1.76. The fourth-order valence-corrected chi connectivity index (χ4v) is 3.20. The molecule has 2 aromatic carbocycles. The largest absolute Gasteiger partial charge is 0.356 e. The number of fused-ring (bicyclic) bond motifs is 1. The molecule has 0 spiro atoms. The van der Waals surface area contributed by atoms with Crippen molar-refractivity contribution in [1.82, 2.24) is 20.2 Å². The highest BCUT2D eigenvalue weighted by molar-refractivity contribution is 5.80. The fourth-order valence-electron chi connectivity index (χ4n) is 3.20. The van der Waals surface area contributed by atoms with Crippen molar-refractivity contribution in [2.75, 3.05) is 6.54 Å². The molecule has 0 fully saturated rings. The normalized spacial score (nSPS) is 10.9. The Bertz CT molecular complexity index is 1110. The van der Waals surface area contributed by atoms with Crippen LogP contribution >= 0.6 is 0 Å². The smallest absolute Gasteiger partial charge is 0.273 e. The van der Waals surface area contributed by atoms with E-state index in [1.165, 1.54) is 4.57 Å². The van der Waals surface area contributed by atoms with Gasteiger partial charge in [-0.1, -0.05) is 56.3 Å². The summed E-state index contributed by atoms with van der Waals surface area (Å²) in [7, 11) is 0. The molecule has 2 N–H and O–H groups in total. The van der Waals surface area contributed by atoms with Gasteiger partial charge in [-0.3, -0.25) is 19.0 Å². The summed E-state index contributed by atoms with van der Waals surface area (Å²) in [6, 6.07) is 16.8. The average molecular weight is 421 g/mol. The van der Waals surface area contributed by atoms with E-state index in [1.807, 2.05) is 50.2 Å². The molecule has 0 atom stereocenters. The highest BCUT2D eigenvalue weighted by Gasteiger charge is 2.15. The second kappa shape index (κ2) is 10.5. The van der Waals surface area contributed by atoms with Crippen LogP contribution in [0.5, 0.6) is 0 Å². The van der Waals surface area contributed by atoms with Crippen molar-refractivity contribution >= 4 is 22.8 Å². The number of nitrogens with zero attached hydrogens (tertiary/aromatic N) is 2. The van der Waals surface area contributed by atoms with Crippen LogP contribution in [0.15, 0.2) is 59.4 Å². The lowest BCUT2D eigenvalue weighted by Gasteiger charge is -2.13. The van der Waals surface area contributed by atoms with Crippen molar-refractivity contribution in [3.8, 4) is 0 Å². The summed E-state index contributed by atoms with van der Waals surface area (Å²) in [6.07, 6.45) is 0.396. The van der Waals surface area contributed by atoms with Crippen LogP contribution in [0.2, 0.25) is 0 Å². The van der Waals surface area contributed by atoms with Gasteiger partial charge in [-0.25, -0.2) is 4.98 Å². The van der Waals surface area contributed by atoms with Crippen molar-refractivity contribution in [1.29, 1.82) is 0 Å². The number of nitrogens with one attached hydrogen (secondary N) is 2. The molecule has 0 unspecified atom stereocenters. The van der Waals surface area contributed by atoms with Crippen LogP contribution in [0.4, 0.5) is 0 Å². The molecule has 0 radical (unpaired) electrons. The first kappa shape index (κ1) is 22.2. The first-order chi connectivity index (χ1) is 14.9. The predicted molar refractivity (Wildman–Crippen MR) is 120 cm³/mol. The van der Waals surface area contributed by atoms with Crippen molar-refractivity contribution in [2.24, 2.45) is 5.92 Å². The summed E-state index contributed by atoms with van der Waals surface area (Å²) >= 11 is 0. The minimum Gasteiger partial charge on any atom is -0.356 e. The van der Waals surface area contributed by atoms with Crippen LogP contribution in [-0.4, -0.2) is 27.9 Å². The zero-order valence-electron chi connectivity index (χ0n) is 17.9. The standard InChI is InChI=1S/C24H28N4O3/c1-17(2)14-25-22(29)13-12-20-24(31)28(21-11-7-6-10-19(21)27-20)16-23(30)26-15-18-8-4-3-5-9-18/h3-11,17H,12-16H2,1-2H3,(H,25,29)(H,26,30). The average Bonchev–Trinajstić information content (AvgIpc) is 2.77. The van der Waals surface area contributed by atoms with Crippen LogP contribution < -0.4 is 16.2 Å². The van der Waals surface area contributed by atoms with Gasteiger partial charge in [-0.05, 0) is 23.6 Å². The third kappa shape index (κ3) is 6.25. The molecule has 7 heteroatoms. The number of aryl methyl sites for hydroxylation is 1. The Morgan fingerprint density at radius 1 is 0.968 bits per heavy atom.